The molecule has 0 spiro atoms. The molecule has 0 aromatic carbocycles. The number of carbonyl (C=O) groups excluding carboxylic acids is 1. The van der Waals surface area contributed by atoms with E-state index in [0.29, 0.717) is 19.0 Å². The summed E-state index contributed by atoms with van der Waals surface area (Å²) in [6, 6.07) is 1.75. The van der Waals surface area contributed by atoms with Gasteiger partial charge in [0.2, 0.25) is 11.8 Å². The highest BCUT2D eigenvalue weighted by atomic mass is 16.5. The van der Waals surface area contributed by atoms with Gasteiger partial charge in [-0.3, -0.25) is 15.0 Å². The summed E-state index contributed by atoms with van der Waals surface area (Å²) in [4.78, 5) is 13.6. The first-order valence-electron chi connectivity index (χ1n) is 6.18. The van der Waals surface area contributed by atoms with E-state index in [4.69, 9.17) is 10.3 Å². The average Bonchev–Trinajstić information content (AvgIpc) is 2.74. The van der Waals surface area contributed by atoms with Crippen molar-refractivity contribution in [2.75, 3.05) is 32.0 Å². The fourth-order valence-electron chi connectivity index (χ4n) is 1.48. The number of carbonyl (C=O) groups is 1. The molecule has 18 heavy (non-hydrogen) atoms. The Morgan fingerprint density at radius 3 is 2.89 bits per heavy atom. The van der Waals surface area contributed by atoms with Crippen molar-refractivity contribution in [3.8, 4) is 0 Å². The normalized spacial score (nSPS) is 11.2. The number of nitrogens with zero attached hydrogens (tertiary/aromatic N) is 2. The second kappa shape index (κ2) is 7.13. The molecule has 1 rings (SSSR count). The third kappa shape index (κ3) is 4.85. The van der Waals surface area contributed by atoms with Crippen LogP contribution in [0.5, 0.6) is 0 Å². The SMILES string of the molecule is CC(C)c1cc(NC(=O)CN(C)CCCN)on1. The van der Waals surface area contributed by atoms with Crippen molar-refractivity contribution >= 4 is 11.8 Å². The van der Waals surface area contributed by atoms with E-state index in [2.05, 4.69) is 10.5 Å². The minimum atomic E-state index is -0.110. The minimum Gasteiger partial charge on any atom is -0.338 e. The van der Waals surface area contributed by atoms with Gasteiger partial charge in [0.25, 0.3) is 0 Å². The van der Waals surface area contributed by atoms with Gasteiger partial charge >= 0.3 is 0 Å². The third-order valence-corrected chi connectivity index (χ3v) is 2.54. The predicted octanol–water partition coefficient (Wildman–Crippen LogP) is 1.02. The molecule has 1 heterocycles. The lowest BCUT2D eigenvalue weighted by Gasteiger charge is -2.14. The average molecular weight is 254 g/mol. The Labute approximate surface area is 107 Å². The second-order valence-corrected chi connectivity index (χ2v) is 4.70. The Bertz CT molecular complexity index is 376. The molecule has 0 aliphatic rings. The number of nitrogens with one attached hydrogen (secondary N) is 1. The summed E-state index contributed by atoms with van der Waals surface area (Å²) in [6.07, 6.45) is 0.879. The van der Waals surface area contributed by atoms with Crippen LogP contribution in [0.15, 0.2) is 10.6 Å². The van der Waals surface area contributed by atoms with Gasteiger partial charge in [-0.25, -0.2) is 0 Å². The number of amides is 1. The number of likely N-dealkylation sites (N-methyl/N-ethyl adjacent to an activating group) is 1. The van der Waals surface area contributed by atoms with Gasteiger partial charge in [0.05, 0.1) is 12.2 Å². The summed E-state index contributed by atoms with van der Waals surface area (Å²) in [5, 5.41) is 6.56. The van der Waals surface area contributed by atoms with Crippen molar-refractivity contribution in [1.29, 1.82) is 0 Å². The van der Waals surface area contributed by atoms with Crippen molar-refractivity contribution in [3.05, 3.63) is 11.8 Å². The summed E-state index contributed by atoms with van der Waals surface area (Å²) in [6.45, 7) is 5.79. The predicted molar refractivity (Wildman–Crippen MR) is 70.4 cm³/mol. The third-order valence-electron chi connectivity index (χ3n) is 2.54. The van der Waals surface area contributed by atoms with Gasteiger partial charge in [0.15, 0.2) is 0 Å². The number of hydrogen-bond donors (Lipinski definition) is 2. The lowest BCUT2D eigenvalue weighted by atomic mass is 10.1. The summed E-state index contributed by atoms with van der Waals surface area (Å²) < 4.78 is 5.04. The van der Waals surface area contributed by atoms with Crippen LogP contribution in [-0.4, -0.2) is 42.6 Å². The van der Waals surface area contributed by atoms with E-state index < -0.39 is 0 Å². The molecule has 0 saturated heterocycles. The van der Waals surface area contributed by atoms with Crippen LogP contribution in [0.25, 0.3) is 0 Å². The maximum Gasteiger partial charge on any atom is 0.240 e. The van der Waals surface area contributed by atoms with E-state index in [0.717, 1.165) is 18.7 Å². The molecule has 6 heteroatoms. The number of aromatic nitrogens is 1. The molecule has 0 radical (unpaired) electrons. The Morgan fingerprint density at radius 2 is 2.33 bits per heavy atom. The van der Waals surface area contributed by atoms with Crippen LogP contribution in [0.3, 0.4) is 0 Å². The van der Waals surface area contributed by atoms with Crippen LogP contribution in [0, 0.1) is 0 Å². The van der Waals surface area contributed by atoms with Gasteiger partial charge in [-0.1, -0.05) is 19.0 Å². The van der Waals surface area contributed by atoms with E-state index >= 15 is 0 Å². The molecule has 0 fully saturated rings. The molecular formula is C12H22N4O2. The lowest BCUT2D eigenvalue weighted by molar-refractivity contribution is -0.117. The molecule has 1 amide bonds. The zero-order chi connectivity index (χ0) is 13.5. The van der Waals surface area contributed by atoms with E-state index in [-0.39, 0.29) is 11.8 Å². The van der Waals surface area contributed by atoms with Gasteiger partial charge in [0.1, 0.15) is 0 Å². The molecule has 1 aromatic heterocycles. The maximum atomic E-state index is 11.7. The standard InChI is InChI=1S/C12H22N4O2/c1-9(2)10-7-12(18-15-10)14-11(17)8-16(3)6-4-5-13/h7,9H,4-6,8,13H2,1-3H3,(H,14,17). The first-order chi connectivity index (χ1) is 8.52. The van der Waals surface area contributed by atoms with Crippen molar-refractivity contribution in [2.24, 2.45) is 5.73 Å². The highest BCUT2D eigenvalue weighted by Crippen LogP contribution is 2.17. The zero-order valence-corrected chi connectivity index (χ0v) is 11.3. The molecular weight excluding hydrogens is 232 g/mol. The summed E-state index contributed by atoms with van der Waals surface area (Å²) in [5.74, 6) is 0.573. The van der Waals surface area contributed by atoms with Gasteiger partial charge < -0.3 is 10.3 Å². The van der Waals surface area contributed by atoms with Crippen molar-refractivity contribution in [1.82, 2.24) is 10.1 Å². The quantitative estimate of drug-likeness (QED) is 0.759. The Balaban J connectivity index is 2.39. The summed E-state index contributed by atoms with van der Waals surface area (Å²) in [5.41, 5.74) is 6.25. The molecule has 0 aliphatic carbocycles. The van der Waals surface area contributed by atoms with Crippen molar-refractivity contribution in [3.63, 3.8) is 0 Å². The molecule has 102 valence electrons. The topological polar surface area (TPSA) is 84.4 Å². The van der Waals surface area contributed by atoms with E-state index in [1.54, 1.807) is 6.07 Å². The molecule has 0 saturated carbocycles. The first kappa shape index (κ1) is 14.7. The van der Waals surface area contributed by atoms with Crippen LogP contribution in [0.1, 0.15) is 31.9 Å². The number of rotatable bonds is 7. The number of nitrogens with two attached hydrogens (primary N) is 1. The number of anilines is 1. The minimum absolute atomic E-state index is 0.110. The Morgan fingerprint density at radius 1 is 1.61 bits per heavy atom. The summed E-state index contributed by atoms with van der Waals surface area (Å²) in [7, 11) is 1.88. The molecule has 0 bridgehead atoms. The molecule has 0 unspecified atom stereocenters. The van der Waals surface area contributed by atoms with E-state index in [1.807, 2.05) is 25.8 Å². The monoisotopic (exact) mass is 254 g/mol. The van der Waals surface area contributed by atoms with Crippen LogP contribution < -0.4 is 11.1 Å². The highest BCUT2D eigenvalue weighted by molar-refractivity contribution is 5.90. The van der Waals surface area contributed by atoms with E-state index in [1.165, 1.54) is 0 Å². The van der Waals surface area contributed by atoms with Gasteiger partial charge in [-0.05, 0) is 32.5 Å². The molecule has 0 aliphatic heterocycles. The maximum absolute atomic E-state index is 11.7. The second-order valence-electron chi connectivity index (χ2n) is 4.70. The molecule has 1 aromatic rings. The summed E-state index contributed by atoms with van der Waals surface area (Å²) >= 11 is 0. The molecule has 6 nitrogen and oxygen atoms in total. The van der Waals surface area contributed by atoms with Crippen molar-refractivity contribution < 1.29 is 9.32 Å². The lowest BCUT2D eigenvalue weighted by Crippen LogP contribution is -2.31. The van der Waals surface area contributed by atoms with Crippen LogP contribution >= 0.6 is 0 Å². The van der Waals surface area contributed by atoms with Gasteiger partial charge in [0, 0.05) is 6.07 Å². The highest BCUT2D eigenvalue weighted by Gasteiger charge is 2.11. The first-order valence-corrected chi connectivity index (χ1v) is 6.18. The van der Waals surface area contributed by atoms with Crippen LogP contribution in [0.4, 0.5) is 5.88 Å². The van der Waals surface area contributed by atoms with Gasteiger partial charge in [-0.2, -0.15) is 0 Å². The number of hydrogen-bond acceptors (Lipinski definition) is 5. The van der Waals surface area contributed by atoms with Crippen LogP contribution in [0.2, 0.25) is 0 Å². The van der Waals surface area contributed by atoms with Gasteiger partial charge in [-0.15, -0.1) is 0 Å². The Hall–Kier alpha value is -1.40. The van der Waals surface area contributed by atoms with E-state index in [9.17, 15) is 4.79 Å². The molecule has 0 atom stereocenters. The Kier molecular flexibility index (Phi) is 5.80. The van der Waals surface area contributed by atoms with Crippen LogP contribution in [-0.2, 0) is 4.79 Å². The smallest absolute Gasteiger partial charge is 0.240 e. The van der Waals surface area contributed by atoms with Crippen molar-refractivity contribution in [2.45, 2.75) is 26.2 Å². The fourth-order valence-corrected chi connectivity index (χ4v) is 1.48. The molecule has 3 N–H and O–H groups in total. The fraction of sp³-hybridized carbons (Fsp3) is 0.667. The zero-order valence-electron chi connectivity index (χ0n) is 11.3. The largest absolute Gasteiger partial charge is 0.338 e.